The molecule has 0 amide bonds. The number of aryl methyl sites for hydroxylation is 1. The highest BCUT2D eigenvalue weighted by atomic mass is 35.5. The van der Waals surface area contributed by atoms with E-state index in [0.29, 0.717) is 17.1 Å². The summed E-state index contributed by atoms with van der Waals surface area (Å²) in [6.45, 7) is 3.36. The molecule has 1 nitrogen and oxygen atoms in total. The van der Waals surface area contributed by atoms with Crippen LogP contribution in [0.4, 0.5) is 4.39 Å². The highest BCUT2D eigenvalue weighted by Gasteiger charge is 2.03. The number of thiophene rings is 1. The molecule has 0 saturated carbocycles. The number of hydrogen-bond acceptors (Lipinski definition) is 2. The van der Waals surface area contributed by atoms with Gasteiger partial charge in [0.25, 0.3) is 0 Å². The summed E-state index contributed by atoms with van der Waals surface area (Å²) in [4.78, 5) is 1.29. The Kier molecular flexibility index (Phi) is 4.15. The Labute approximate surface area is 109 Å². The minimum absolute atomic E-state index is 0.257. The lowest BCUT2D eigenvalue weighted by Crippen LogP contribution is -2.13. The summed E-state index contributed by atoms with van der Waals surface area (Å²) < 4.78 is 13.5. The van der Waals surface area contributed by atoms with Crippen LogP contribution < -0.4 is 5.32 Å². The maximum atomic E-state index is 13.5. The fourth-order valence-corrected chi connectivity index (χ4v) is 2.60. The van der Waals surface area contributed by atoms with Crippen LogP contribution in [0.25, 0.3) is 0 Å². The second kappa shape index (κ2) is 5.63. The van der Waals surface area contributed by atoms with Crippen molar-refractivity contribution >= 4 is 22.9 Å². The van der Waals surface area contributed by atoms with E-state index in [-0.39, 0.29) is 5.82 Å². The van der Waals surface area contributed by atoms with Crippen LogP contribution in [0.15, 0.2) is 29.6 Å². The largest absolute Gasteiger partial charge is 0.308 e. The Morgan fingerprint density at radius 1 is 1.29 bits per heavy atom. The van der Waals surface area contributed by atoms with Crippen LogP contribution in [-0.2, 0) is 13.1 Å². The zero-order valence-corrected chi connectivity index (χ0v) is 11.0. The van der Waals surface area contributed by atoms with Gasteiger partial charge in [0.05, 0.1) is 0 Å². The van der Waals surface area contributed by atoms with Gasteiger partial charge in [0.2, 0.25) is 0 Å². The van der Waals surface area contributed by atoms with Crippen LogP contribution in [0.5, 0.6) is 0 Å². The molecule has 1 aromatic heterocycles. The van der Waals surface area contributed by atoms with E-state index in [1.54, 1.807) is 23.5 Å². The van der Waals surface area contributed by atoms with Crippen molar-refractivity contribution in [1.82, 2.24) is 5.32 Å². The van der Waals surface area contributed by atoms with Crippen LogP contribution in [-0.4, -0.2) is 0 Å². The Hall–Kier alpha value is -0.900. The average molecular weight is 270 g/mol. The first kappa shape index (κ1) is 12.6. The Morgan fingerprint density at radius 2 is 2.12 bits per heavy atom. The van der Waals surface area contributed by atoms with Gasteiger partial charge in [0, 0.05) is 28.6 Å². The minimum atomic E-state index is -0.257. The molecule has 0 spiro atoms. The number of nitrogens with one attached hydrogen (secondary N) is 1. The molecule has 0 atom stereocenters. The molecule has 1 aromatic carbocycles. The van der Waals surface area contributed by atoms with E-state index in [1.165, 1.54) is 16.5 Å². The molecule has 90 valence electrons. The zero-order valence-electron chi connectivity index (χ0n) is 9.47. The highest BCUT2D eigenvalue weighted by Crippen LogP contribution is 2.17. The molecule has 1 heterocycles. The van der Waals surface area contributed by atoms with Gasteiger partial charge in [-0.3, -0.25) is 0 Å². The average Bonchev–Trinajstić information content (AvgIpc) is 2.68. The molecule has 0 saturated heterocycles. The predicted molar refractivity (Wildman–Crippen MR) is 71.0 cm³/mol. The number of hydrogen-bond donors (Lipinski definition) is 1. The van der Waals surface area contributed by atoms with Gasteiger partial charge in [-0.15, -0.1) is 11.3 Å². The van der Waals surface area contributed by atoms with Crippen molar-refractivity contribution < 1.29 is 4.39 Å². The predicted octanol–water partition coefficient (Wildman–Crippen LogP) is 4.14. The summed E-state index contributed by atoms with van der Waals surface area (Å²) in [5, 5.41) is 5.73. The van der Waals surface area contributed by atoms with Gasteiger partial charge in [-0.25, -0.2) is 4.39 Å². The zero-order chi connectivity index (χ0) is 12.3. The molecule has 0 aliphatic rings. The molecule has 4 heteroatoms. The van der Waals surface area contributed by atoms with E-state index in [2.05, 4.69) is 23.7 Å². The monoisotopic (exact) mass is 269 g/mol. The van der Waals surface area contributed by atoms with Crippen molar-refractivity contribution in [3.05, 3.63) is 56.5 Å². The van der Waals surface area contributed by atoms with E-state index >= 15 is 0 Å². The van der Waals surface area contributed by atoms with Gasteiger partial charge in [0.15, 0.2) is 0 Å². The van der Waals surface area contributed by atoms with Crippen LogP contribution in [0.1, 0.15) is 16.0 Å². The maximum Gasteiger partial charge on any atom is 0.129 e. The van der Waals surface area contributed by atoms with Gasteiger partial charge in [-0.1, -0.05) is 17.7 Å². The number of benzene rings is 1. The molecule has 0 fully saturated rings. The van der Waals surface area contributed by atoms with Crippen molar-refractivity contribution in [2.24, 2.45) is 0 Å². The van der Waals surface area contributed by atoms with Crippen molar-refractivity contribution in [2.45, 2.75) is 20.0 Å². The second-order valence-electron chi connectivity index (χ2n) is 3.87. The normalized spacial score (nSPS) is 10.8. The summed E-state index contributed by atoms with van der Waals surface area (Å²) in [6.07, 6.45) is 0. The fourth-order valence-electron chi connectivity index (χ4n) is 1.56. The SMILES string of the molecule is Cc1ccsc1CNCc1ccc(Cl)cc1F. The third-order valence-electron chi connectivity index (χ3n) is 2.58. The lowest BCUT2D eigenvalue weighted by Gasteiger charge is -2.06. The van der Waals surface area contributed by atoms with Gasteiger partial charge in [-0.05, 0) is 36.1 Å². The van der Waals surface area contributed by atoms with Crippen molar-refractivity contribution in [3.8, 4) is 0 Å². The molecule has 0 aliphatic heterocycles. The first-order chi connectivity index (χ1) is 8.16. The Balaban J connectivity index is 1.92. The minimum Gasteiger partial charge on any atom is -0.308 e. The Bertz CT molecular complexity index is 510. The molecule has 2 rings (SSSR count). The van der Waals surface area contributed by atoms with Crippen molar-refractivity contribution in [2.75, 3.05) is 0 Å². The maximum absolute atomic E-state index is 13.5. The van der Waals surface area contributed by atoms with Crippen LogP contribution in [0.2, 0.25) is 5.02 Å². The summed E-state index contributed by atoms with van der Waals surface area (Å²) in [7, 11) is 0. The third-order valence-corrected chi connectivity index (χ3v) is 3.84. The van der Waals surface area contributed by atoms with Crippen molar-refractivity contribution in [3.63, 3.8) is 0 Å². The molecule has 0 unspecified atom stereocenters. The van der Waals surface area contributed by atoms with Gasteiger partial charge >= 0.3 is 0 Å². The molecular formula is C13H13ClFNS. The van der Waals surface area contributed by atoms with E-state index < -0.39 is 0 Å². The lowest BCUT2D eigenvalue weighted by molar-refractivity contribution is 0.589. The molecule has 1 N–H and O–H groups in total. The van der Waals surface area contributed by atoms with E-state index in [0.717, 1.165) is 6.54 Å². The summed E-state index contributed by atoms with van der Waals surface area (Å²) in [6, 6.07) is 6.85. The fraction of sp³-hybridized carbons (Fsp3) is 0.231. The van der Waals surface area contributed by atoms with E-state index in [9.17, 15) is 4.39 Å². The Morgan fingerprint density at radius 3 is 2.76 bits per heavy atom. The standard InChI is InChI=1S/C13H13ClFNS/c1-9-4-5-17-13(9)8-16-7-10-2-3-11(14)6-12(10)15/h2-6,16H,7-8H2,1H3. The molecule has 0 aliphatic carbocycles. The first-order valence-corrected chi connectivity index (χ1v) is 6.60. The van der Waals surface area contributed by atoms with E-state index in [1.807, 2.05) is 0 Å². The van der Waals surface area contributed by atoms with Gasteiger partial charge < -0.3 is 5.32 Å². The smallest absolute Gasteiger partial charge is 0.129 e. The third kappa shape index (κ3) is 3.28. The molecule has 17 heavy (non-hydrogen) atoms. The highest BCUT2D eigenvalue weighted by molar-refractivity contribution is 7.10. The van der Waals surface area contributed by atoms with Crippen molar-refractivity contribution in [1.29, 1.82) is 0 Å². The van der Waals surface area contributed by atoms with E-state index in [4.69, 9.17) is 11.6 Å². The van der Waals surface area contributed by atoms with Crippen LogP contribution in [0, 0.1) is 12.7 Å². The first-order valence-electron chi connectivity index (χ1n) is 5.34. The molecule has 2 aromatic rings. The molecular weight excluding hydrogens is 257 g/mol. The summed E-state index contributed by atoms with van der Waals surface area (Å²) >= 11 is 7.41. The topological polar surface area (TPSA) is 12.0 Å². The molecule has 0 radical (unpaired) electrons. The molecule has 0 bridgehead atoms. The van der Waals surface area contributed by atoms with Gasteiger partial charge in [-0.2, -0.15) is 0 Å². The van der Waals surface area contributed by atoms with Crippen LogP contribution >= 0.6 is 22.9 Å². The quantitative estimate of drug-likeness (QED) is 0.880. The number of halogens is 2. The lowest BCUT2D eigenvalue weighted by atomic mass is 10.2. The summed E-state index contributed by atoms with van der Waals surface area (Å²) in [5.41, 5.74) is 1.92. The number of rotatable bonds is 4. The second-order valence-corrected chi connectivity index (χ2v) is 5.30. The van der Waals surface area contributed by atoms with Crippen LogP contribution in [0.3, 0.4) is 0 Å². The summed E-state index contributed by atoms with van der Waals surface area (Å²) in [5.74, 6) is -0.257. The van der Waals surface area contributed by atoms with Gasteiger partial charge in [0.1, 0.15) is 5.82 Å².